The highest BCUT2D eigenvalue weighted by Gasteiger charge is 2.07. The molecule has 2 nitrogen and oxygen atoms in total. The molecular formula is C16H27BrN2S. The van der Waals surface area contributed by atoms with Gasteiger partial charge in [0.15, 0.2) is 0 Å². The number of benzene rings is 1. The van der Waals surface area contributed by atoms with Crippen LogP contribution < -0.4 is 11.3 Å². The number of rotatable bonds is 11. The van der Waals surface area contributed by atoms with Crippen LogP contribution in [0.25, 0.3) is 0 Å². The Morgan fingerprint density at radius 3 is 2.65 bits per heavy atom. The number of thioether (sulfide) groups is 1. The van der Waals surface area contributed by atoms with E-state index in [1.807, 2.05) is 11.8 Å². The Morgan fingerprint density at radius 2 is 1.95 bits per heavy atom. The molecule has 0 amide bonds. The Hall–Kier alpha value is -0.0300. The summed E-state index contributed by atoms with van der Waals surface area (Å²) in [6.45, 7) is 2.26. The van der Waals surface area contributed by atoms with Crippen LogP contribution in [0.1, 0.15) is 51.9 Å². The molecule has 3 N–H and O–H groups in total. The Morgan fingerprint density at radius 1 is 1.20 bits per heavy atom. The maximum atomic E-state index is 5.66. The summed E-state index contributed by atoms with van der Waals surface area (Å²) in [7, 11) is 0. The molecule has 0 heterocycles. The lowest BCUT2D eigenvalue weighted by molar-refractivity contribution is 0.494. The number of hydrogen-bond acceptors (Lipinski definition) is 3. The Kier molecular flexibility index (Phi) is 10.5. The second kappa shape index (κ2) is 11.6. The number of halogens is 1. The molecule has 1 unspecified atom stereocenters. The Labute approximate surface area is 136 Å². The van der Waals surface area contributed by atoms with Crippen molar-refractivity contribution < 1.29 is 0 Å². The van der Waals surface area contributed by atoms with E-state index >= 15 is 0 Å². The summed E-state index contributed by atoms with van der Waals surface area (Å²) in [5, 5.41) is 0. The summed E-state index contributed by atoms with van der Waals surface area (Å²) >= 11 is 5.37. The molecule has 0 saturated carbocycles. The van der Waals surface area contributed by atoms with E-state index in [0.717, 1.165) is 10.2 Å². The average molecular weight is 359 g/mol. The quantitative estimate of drug-likeness (QED) is 0.249. The van der Waals surface area contributed by atoms with E-state index in [9.17, 15) is 0 Å². The highest BCUT2D eigenvalue weighted by atomic mass is 79.9. The maximum Gasteiger partial charge on any atom is 0.0304 e. The second-order valence-corrected chi connectivity index (χ2v) is 7.20. The molecule has 0 aromatic heterocycles. The summed E-state index contributed by atoms with van der Waals surface area (Å²) in [6, 6.07) is 8.84. The molecule has 20 heavy (non-hydrogen) atoms. The SMILES string of the molecule is CCCCCCCCC(CSc1cccc(Br)c1)NN. The van der Waals surface area contributed by atoms with Crippen molar-refractivity contribution in [3.63, 3.8) is 0 Å². The van der Waals surface area contributed by atoms with E-state index in [1.165, 1.54) is 49.8 Å². The molecule has 114 valence electrons. The van der Waals surface area contributed by atoms with Gasteiger partial charge in [-0.1, -0.05) is 67.4 Å². The largest absolute Gasteiger partial charge is 0.271 e. The van der Waals surface area contributed by atoms with Gasteiger partial charge in [0.05, 0.1) is 0 Å². The van der Waals surface area contributed by atoms with E-state index < -0.39 is 0 Å². The number of unbranched alkanes of at least 4 members (excludes halogenated alkanes) is 5. The molecule has 4 heteroatoms. The first-order chi connectivity index (χ1) is 9.76. The fraction of sp³-hybridized carbons (Fsp3) is 0.625. The summed E-state index contributed by atoms with van der Waals surface area (Å²) in [6.07, 6.45) is 9.21. The van der Waals surface area contributed by atoms with Crippen molar-refractivity contribution in [3.8, 4) is 0 Å². The number of hydrazine groups is 1. The highest BCUT2D eigenvalue weighted by molar-refractivity contribution is 9.10. The van der Waals surface area contributed by atoms with Crippen molar-refractivity contribution in [1.29, 1.82) is 0 Å². The van der Waals surface area contributed by atoms with Gasteiger partial charge >= 0.3 is 0 Å². The highest BCUT2D eigenvalue weighted by Crippen LogP contribution is 2.23. The number of nitrogens with two attached hydrogens (primary N) is 1. The first-order valence-corrected chi connectivity index (χ1v) is 9.38. The molecule has 1 rings (SSSR count). The minimum Gasteiger partial charge on any atom is -0.271 e. The van der Waals surface area contributed by atoms with Crippen LogP contribution in [0, 0.1) is 0 Å². The fourth-order valence-corrected chi connectivity index (χ4v) is 3.73. The van der Waals surface area contributed by atoms with Gasteiger partial charge in [0.2, 0.25) is 0 Å². The van der Waals surface area contributed by atoms with Crippen molar-refractivity contribution >= 4 is 27.7 Å². The molecule has 0 saturated heterocycles. The standard InChI is InChI=1S/C16H27BrN2S/c1-2-3-4-5-6-7-10-15(19-18)13-20-16-11-8-9-14(17)12-16/h8-9,11-12,15,19H,2-7,10,13,18H2,1H3. The van der Waals surface area contributed by atoms with Crippen LogP contribution in [-0.4, -0.2) is 11.8 Å². The lowest BCUT2D eigenvalue weighted by atomic mass is 10.1. The minimum absolute atomic E-state index is 0.408. The van der Waals surface area contributed by atoms with Crippen LogP contribution in [0.5, 0.6) is 0 Å². The number of nitrogens with one attached hydrogen (secondary N) is 1. The van der Waals surface area contributed by atoms with E-state index in [-0.39, 0.29) is 0 Å². The van der Waals surface area contributed by atoms with Gasteiger partial charge in [0, 0.05) is 21.2 Å². The molecule has 0 bridgehead atoms. The minimum atomic E-state index is 0.408. The molecule has 0 fully saturated rings. The van der Waals surface area contributed by atoms with Gasteiger partial charge in [-0.15, -0.1) is 11.8 Å². The predicted octanol–water partition coefficient (Wildman–Crippen LogP) is 5.12. The van der Waals surface area contributed by atoms with Crippen LogP contribution in [-0.2, 0) is 0 Å². The molecule has 0 aliphatic rings. The lowest BCUT2D eigenvalue weighted by Crippen LogP contribution is -2.36. The van der Waals surface area contributed by atoms with E-state index in [2.05, 4.69) is 52.5 Å². The Bertz CT molecular complexity index is 360. The molecule has 1 aromatic rings. The third kappa shape index (κ3) is 8.30. The normalized spacial score (nSPS) is 12.6. The van der Waals surface area contributed by atoms with E-state index in [0.29, 0.717) is 6.04 Å². The van der Waals surface area contributed by atoms with Crippen LogP contribution in [0.15, 0.2) is 33.6 Å². The van der Waals surface area contributed by atoms with Gasteiger partial charge in [-0.05, 0) is 24.6 Å². The van der Waals surface area contributed by atoms with Gasteiger partial charge in [-0.25, -0.2) is 0 Å². The smallest absolute Gasteiger partial charge is 0.0304 e. The number of hydrogen-bond donors (Lipinski definition) is 2. The van der Waals surface area contributed by atoms with Crippen LogP contribution in [0.3, 0.4) is 0 Å². The molecule has 0 aliphatic carbocycles. The second-order valence-electron chi connectivity index (χ2n) is 5.19. The topological polar surface area (TPSA) is 38.0 Å². The summed E-state index contributed by atoms with van der Waals surface area (Å²) in [5.41, 5.74) is 2.96. The van der Waals surface area contributed by atoms with E-state index in [4.69, 9.17) is 5.84 Å². The van der Waals surface area contributed by atoms with Crippen molar-refractivity contribution in [2.24, 2.45) is 5.84 Å². The van der Waals surface area contributed by atoms with Crippen LogP contribution in [0.4, 0.5) is 0 Å². The monoisotopic (exact) mass is 358 g/mol. The first-order valence-electron chi connectivity index (χ1n) is 7.60. The van der Waals surface area contributed by atoms with Gasteiger partial charge in [-0.2, -0.15) is 0 Å². The van der Waals surface area contributed by atoms with Crippen LogP contribution >= 0.6 is 27.7 Å². The van der Waals surface area contributed by atoms with Gasteiger partial charge < -0.3 is 0 Å². The third-order valence-corrected chi connectivity index (χ3v) is 5.04. The molecule has 0 spiro atoms. The maximum absolute atomic E-state index is 5.66. The summed E-state index contributed by atoms with van der Waals surface area (Å²) < 4.78 is 1.13. The first kappa shape index (κ1) is 18.0. The zero-order valence-corrected chi connectivity index (χ0v) is 14.8. The van der Waals surface area contributed by atoms with Crippen LogP contribution in [0.2, 0.25) is 0 Å². The van der Waals surface area contributed by atoms with Gasteiger partial charge in [0.25, 0.3) is 0 Å². The zero-order valence-electron chi connectivity index (χ0n) is 12.4. The Balaban J connectivity index is 2.16. The van der Waals surface area contributed by atoms with Crippen molar-refractivity contribution in [3.05, 3.63) is 28.7 Å². The van der Waals surface area contributed by atoms with E-state index in [1.54, 1.807) is 0 Å². The molecule has 0 aliphatic heterocycles. The van der Waals surface area contributed by atoms with Gasteiger partial charge in [-0.3, -0.25) is 11.3 Å². The third-order valence-electron chi connectivity index (χ3n) is 3.39. The van der Waals surface area contributed by atoms with Crippen molar-refractivity contribution in [2.45, 2.75) is 62.8 Å². The van der Waals surface area contributed by atoms with Crippen molar-refractivity contribution in [2.75, 3.05) is 5.75 Å². The summed E-state index contributed by atoms with van der Waals surface area (Å²) in [5.74, 6) is 6.69. The molecule has 1 atom stereocenters. The molecule has 0 radical (unpaired) electrons. The van der Waals surface area contributed by atoms with Crippen molar-refractivity contribution in [1.82, 2.24) is 5.43 Å². The predicted molar refractivity (Wildman–Crippen MR) is 94.0 cm³/mol. The summed E-state index contributed by atoms with van der Waals surface area (Å²) in [4.78, 5) is 1.29. The average Bonchev–Trinajstić information content (AvgIpc) is 2.46. The lowest BCUT2D eigenvalue weighted by Gasteiger charge is -2.15. The fourth-order valence-electron chi connectivity index (χ4n) is 2.14. The van der Waals surface area contributed by atoms with Gasteiger partial charge in [0.1, 0.15) is 0 Å². The molecule has 1 aromatic carbocycles. The zero-order chi connectivity index (χ0) is 14.6. The molecular weight excluding hydrogens is 332 g/mol.